The van der Waals surface area contributed by atoms with Crippen molar-refractivity contribution in [1.29, 1.82) is 0 Å². The van der Waals surface area contributed by atoms with Crippen molar-refractivity contribution < 1.29 is 78.6 Å². The van der Waals surface area contributed by atoms with E-state index in [-0.39, 0.29) is 68.3 Å². The number of rotatable bonds is 3. The van der Waals surface area contributed by atoms with Crippen LogP contribution in [0.2, 0.25) is 0 Å². The predicted molar refractivity (Wildman–Crippen MR) is 57.8 cm³/mol. The van der Waals surface area contributed by atoms with Crippen molar-refractivity contribution >= 4 is 18.4 Å². The topological polar surface area (TPSA) is 35.5 Å². The van der Waals surface area contributed by atoms with Crippen LogP contribution in [0.5, 0.6) is 5.75 Å². The third kappa shape index (κ3) is 3.99. The van der Waals surface area contributed by atoms with Crippen molar-refractivity contribution in [3.63, 3.8) is 0 Å². The third-order valence-corrected chi connectivity index (χ3v) is 2.35. The molecule has 0 saturated carbocycles. The van der Waals surface area contributed by atoms with Crippen LogP contribution in [-0.2, 0) is 4.74 Å². The van der Waals surface area contributed by atoms with E-state index in [1.807, 2.05) is 0 Å². The molecule has 0 atom stereocenters. The molecule has 0 aliphatic heterocycles. The summed E-state index contributed by atoms with van der Waals surface area (Å²) in [5.74, 6) is -0.790. The summed E-state index contributed by atoms with van der Waals surface area (Å²) in [5.41, 5.74) is -1.02. The molecule has 3 nitrogen and oxygen atoms in total. The number of carbonyl (C=O) groups is 1. The van der Waals surface area contributed by atoms with Crippen molar-refractivity contribution in [3.8, 4) is 5.75 Å². The van der Waals surface area contributed by atoms with Crippen LogP contribution in [-0.4, -0.2) is 27.2 Å². The molecule has 0 heterocycles. The van der Waals surface area contributed by atoms with Crippen molar-refractivity contribution in [2.24, 2.45) is 0 Å². The van der Waals surface area contributed by atoms with E-state index in [4.69, 9.17) is 4.74 Å². The van der Waals surface area contributed by atoms with Crippen LogP contribution in [0.1, 0.15) is 15.9 Å². The Balaban J connectivity index is 0.00000289. The first kappa shape index (κ1) is 18.0. The Morgan fingerprint density at radius 3 is 2.17 bits per heavy atom. The van der Waals surface area contributed by atoms with Crippen LogP contribution in [0.25, 0.3) is 0 Å². The Morgan fingerprint density at radius 2 is 1.78 bits per heavy atom. The normalized spacial score (nSPS) is 10.6. The zero-order valence-electron chi connectivity index (χ0n) is 10.6. The average Bonchev–Trinajstić information content (AvgIpc) is 2.25. The van der Waals surface area contributed by atoms with E-state index in [1.54, 1.807) is 0 Å². The summed E-state index contributed by atoms with van der Waals surface area (Å²) in [5, 5.41) is 0. The fourth-order valence-electron chi connectivity index (χ4n) is 1.49. The largest absolute Gasteiger partial charge is 1.00 e. The number of methoxy groups -OCH3 is 2. The van der Waals surface area contributed by atoms with E-state index in [2.05, 4.69) is 4.74 Å². The number of ether oxygens (including phenoxy) is 2. The molecule has 1 rings (SSSR count). The van der Waals surface area contributed by atoms with Gasteiger partial charge >= 0.3 is 64.3 Å². The van der Waals surface area contributed by atoms with Crippen LogP contribution in [0, 0.1) is 6.92 Å². The van der Waals surface area contributed by atoms with Crippen LogP contribution < -0.4 is 61.6 Å². The third-order valence-electron chi connectivity index (χ3n) is 2.35. The predicted octanol–water partition coefficient (Wildman–Crippen LogP) is -1.15. The molecule has 1 aromatic rings. The number of hydrogen-bond acceptors (Lipinski definition) is 3. The molecule has 0 fully saturated rings. The Labute approximate surface area is 146 Å². The summed E-state index contributed by atoms with van der Waals surface area (Å²) in [4.78, 5) is 11.3. The van der Waals surface area contributed by atoms with Crippen LogP contribution in [0.3, 0.4) is 0 Å². The van der Waals surface area contributed by atoms with Crippen molar-refractivity contribution in [2.75, 3.05) is 14.2 Å². The van der Waals surface area contributed by atoms with E-state index >= 15 is 0 Å². The Bertz CT molecular complexity index is 449. The summed E-state index contributed by atoms with van der Waals surface area (Å²) in [6.45, 7) is -3.85. The van der Waals surface area contributed by atoms with Gasteiger partial charge in [0.2, 0.25) is 0 Å². The minimum atomic E-state index is -5.17. The van der Waals surface area contributed by atoms with Gasteiger partial charge in [-0.25, -0.2) is 4.79 Å². The first-order valence-electron chi connectivity index (χ1n) is 4.78. The number of benzene rings is 1. The quantitative estimate of drug-likeness (QED) is 0.520. The monoisotopic (exact) mass is 286 g/mol. The molecule has 0 unspecified atom stereocenters. The van der Waals surface area contributed by atoms with Gasteiger partial charge in [-0.2, -0.15) is 0 Å². The summed E-state index contributed by atoms with van der Waals surface area (Å²) in [6.07, 6.45) is 0. The molecule has 0 saturated heterocycles. The molecular formula is C10H11BF3KO3. The van der Waals surface area contributed by atoms with E-state index in [9.17, 15) is 17.7 Å². The molecule has 0 aliphatic carbocycles. The summed E-state index contributed by atoms with van der Waals surface area (Å²) < 4.78 is 47.4. The number of esters is 1. The summed E-state index contributed by atoms with van der Waals surface area (Å²) in [6, 6.07) is 1.94. The molecule has 0 N–H and O–H groups in total. The number of aryl methyl sites for hydroxylation is 1. The van der Waals surface area contributed by atoms with Crippen LogP contribution in [0.15, 0.2) is 12.1 Å². The van der Waals surface area contributed by atoms with Gasteiger partial charge in [0, 0.05) is 0 Å². The van der Waals surface area contributed by atoms with Gasteiger partial charge in [-0.05, 0) is 13.0 Å². The first-order chi connectivity index (χ1) is 7.81. The molecule has 0 aliphatic rings. The van der Waals surface area contributed by atoms with Crippen LogP contribution in [0.4, 0.5) is 12.9 Å². The SMILES string of the molecule is COC(=O)c1cc([B-](F)(F)F)c(C)cc1OC.[K+]. The molecule has 0 radical (unpaired) electrons. The molecule has 0 spiro atoms. The fraction of sp³-hybridized carbons (Fsp3) is 0.300. The maximum absolute atomic E-state index is 12.7. The van der Waals surface area contributed by atoms with E-state index in [0.29, 0.717) is 0 Å². The zero-order chi connectivity index (χ0) is 13.2. The van der Waals surface area contributed by atoms with Crippen LogP contribution >= 0.6 is 0 Å². The van der Waals surface area contributed by atoms with Gasteiger partial charge in [0.25, 0.3) is 0 Å². The van der Waals surface area contributed by atoms with Crippen molar-refractivity contribution in [3.05, 3.63) is 23.3 Å². The number of carbonyl (C=O) groups excluding carboxylic acids is 1. The Morgan fingerprint density at radius 1 is 1.22 bits per heavy atom. The van der Waals surface area contributed by atoms with Gasteiger partial charge in [0.15, 0.2) is 0 Å². The van der Waals surface area contributed by atoms with Gasteiger partial charge in [-0.3, -0.25) is 0 Å². The molecule has 94 valence electrons. The van der Waals surface area contributed by atoms with E-state index in [1.165, 1.54) is 20.1 Å². The van der Waals surface area contributed by atoms with Crippen molar-refractivity contribution in [2.45, 2.75) is 6.92 Å². The van der Waals surface area contributed by atoms with Gasteiger partial charge in [-0.15, -0.1) is 5.46 Å². The molecule has 1 aromatic carbocycles. The average molecular weight is 286 g/mol. The van der Waals surface area contributed by atoms with Gasteiger partial charge in [0.1, 0.15) is 5.75 Å². The second kappa shape index (κ2) is 6.95. The molecule has 0 aromatic heterocycles. The second-order valence-corrected chi connectivity index (χ2v) is 3.48. The van der Waals surface area contributed by atoms with Crippen molar-refractivity contribution in [1.82, 2.24) is 0 Å². The van der Waals surface area contributed by atoms with E-state index in [0.717, 1.165) is 13.2 Å². The molecule has 18 heavy (non-hydrogen) atoms. The van der Waals surface area contributed by atoms with Gasteiger partial charge in [-0.1, -0.05) is 11.6 Å². The maximum Gasteiger partial charge on any atom is 1.00 e. The Hall–Kier alpha value is -0.0187. The minimum absolute atomic E-state index is 0. The molecule has 0 amide bonds. The Kier molecular flexibility index (Phi) is 6.94. The molecular weight excluding hydrogens is 275 g/mol. The first-order valence-corrected chi connectivity index (χ1v) is 4.78. The second-order valence-electron chi connectivity index (χ2n) is 3.48. The number of hydrogen-bond donors (Lipinski definition) is 0. The summed E-state index contributed by atoms with van der Waals surface area (Å²) >= 11 is 0. The smallest absolute Gasteiger partial charge is 0.496 e. The zero-order valence-corrected chi connectivity index (χ0v) is 13.7. The van der Waals surface area contributed by atoms with E-state index < -0.39 is 18.4 Å². The van der Waals surface area contributed by atoms with Gasteiger partial charge in [0.05, 0.1) is 19.8 Å². The number of halogens is 3. The maximum atomic E-state index is 12.7. The summed E-state index contributed by atoms with van der Waals surface area (Å²) in [7, 11) is 2.37. The van der Waals surface area contributed by atoms with Gasteiger partial charge < -0.3 is 22.4 Å². The fourth-order valence-corrected chi connectivity index (χ4v) is 1.49. The minimum Gasteiger partial charge on any atom is -0.496 e. The standard InChI is InChI=1S/C10H11BF3O3.K/c1-6-4-9(16-2)7(10(15)17-3)5-8(6)11(12,13)14;/h4-5H,1-3H3;/q-1;+1. The molecule has 0 bridgehead atoms. The molecule has 8 heteroatoms.